The summed E-state index contributed by atoms with van der Waals surface area (Å²) in [6.07, 6.45) is 0.969. The van der Waals surface area contributed by atoms with Gasteiger partial charge in [-0.05, 0) is 66.4 Å². The number of hydrogen-bond acceptors (Lipinski definition) is 4. The van der Waals surface area contributed by atoms with Gasteiger partial charge in [-0.3, -0.25) is 14.4 Å². The van der Waals surface area contributed by atoms with Crippen molar-refractivity contribution >= 4 is 45.0 Å². The van der Waals surface area contributed by atoms with Crippen molar-refractivity contribution in [2.75, 3.05) is 23.4 Å². The van der Waals surface area contributed by atoms with E-state index in [-0.39, 0.29) is 30.7 Å². The molecular weight excluding hydrogens is 534 g/mol. The van der Waals surface area contributed by atoms with E-state index in [1.54, 1.807) is 29.2 Å². The zero-order chi connectivity index (χ0) is 26.4. The molecule has 0 spiro atoms. The average Bonchev–Trinajstić information content (AvgIpc) is 3.30. The second-order valence-corrected chi connectivity index (χ2v) is 9.97. The van der Waals surface area contributed by atoms with Crippen molar-refractivity contribution in [1.82, 2.24) is 5.32 Å². The molecule has 0 unspecified atom stereocenters. The second-order valence-electron chi connectivity index (χ2n) is 9.05. The van der Waals surface area contributed by atoms with Crippen LogP contribution in [0.15, 0.2) is 71.2 Å². The van der Waals surface area contributed by atoms with Crippen molar-refractivity contribution in [3.05, 3.63) is 87.9 Å². The minimum atomic E-state index is -0.397. The summed E-state index contributed by atoms with van der Waals surface area (Å²) in [5.41, 5.74) is 4.54. The Morgan fingerprint density at radius 2 is 1.81 bits per heavy atom. The van der Waals surface area contributed by atoms with Crippen molar-refractivity contribution in [2.45, 2.75) is 33.2 Å². The zero-order valence-electron chi connectivity index (χ0n) is 20.9. The van der Waals surface area contributed by atoms with Gasteiger partial charge in [-0.1, -0.05) is 53.2 Å². The number of nitrogens with zero attached hydrogens (tertiary/aromatic N) is 1. The molecule has 4 rings (SSSR count). The number of benzene rings is 3. The summed E-state index contributed by atoms with van der Waals surface area (Å²) in [7, 11) is 0. The van der Waals surface area contributed by atoms with Crippen LogP contribution in [0.4, 0.5) is 11.4 Å². The number of hydrogen-bond donors (Lipinski definition) is 2. The quantitative estimate of drug-likeness (QED) is 0.383. The predicted octanol–water partition coefficient (Wildman–Crippen LogP) is 5.01. The predicted molar refractivity (Wildman–Crippen MR) is 148 cm³/mol. The van der Waals surface area contributed by atoms with Gasteiger partial charge in [-0.25, -0.2) is 0 Å². The van der Waals surface area contributed by atoms with Gasteiger partial charge in [0.25, 0.3) is 5.91 Å². The monoisotopic (exact) mass is 563 g/mol. The fourth-order valence-corrected chi connectivity index (χ4v) is 5.00. The molecule has 1 fully saturated rings. The van der Waals surface area contributed by atoms with Gasteiger partial charge < -0.3 is 20.3 Å². The van der Waals surface area contributed by atoms with Crippen LogP contribution in [0.5, 0.6) is 5.75 Å². The molecule has 1 saturated heterocycles. The number of halogens is 1. The average molecular weight is 564 g/mol. The summed E-state index contributed by atoms with van der Waals surface area (Å²) >= 11 is 3.49. The first-order valence-corrected chi connectivity index (χ1v) is 13.1. The van der Waals surface area contributed by atoms with Crippen LogP contribution >= 0.6 is 15.9 Å². The maximum Gasteiger partial charge on any atom is 0.262 e. The Kier molecular flexibility index (Phi) is 8.61. The van der Waals surface area contributed by atoms with Gasteiger partial charge in [0.1, 0.15) is 5.75 Å². The number of anilines is 2. The molecule has 1 heterocycles. The molecule has 1 aliphatic rings. The SMILES string of the molecule is CCc1cc(Br)cc(C)c1NC(=O)COc1ccc(N2C[C@@H](C(=O)NCc3ccccc3)CC2=O)cc1. The topological polar surface area (TPSA) is 87.7 Å². The van der Waals surface area contributed by atoms with E-state index in [9.17, 15) is 14.4 Å². The number of carbonyl (C=O) groups excluding carboxylic acids is 3. The van der Waals surface area contributed by atoms with Gasteiger partial charge in [0, 0.05) is 35.4 Å². The minimum Gasteiger partial charge on any atom is -0.484 e. The molecule has 3 aromatic carbocycles. The maximum absolute atomic E-state index is 12.6. The summed E-state index contributed by atoms with van der Waals surface area (Å²) in [6, 6.07) is 20.6. The molecule has 37 heavy (non-hydrogen) atoms. The first-order chi connectivity index (χ1) is 17.8. The summed E-state index contributed by atoms with van der Waals surface area (Å²) < 4.78 is 6.64. The third-order valence-electron chi connectivity index (χ3n) is 6.35. The molecule has 2 N–H and O–H groups in total. The molecule has 7 nitrogen and oxygen atoms in total. The van der Waals surface area contributed by atoms with Crippen LogP contribution in [0, 0.1) is 12.8 Å². The van der Waals surface area contributed by atoms with E-state index in [1.807, 2.05) is 56.3 Å². The highest BCUT2D eigenvalue weighted by molar-refractivity contribution is 9.10. The highest BCUT2D eigenvalue weighted by Crippen LogP contribution is 2.28. The molecule has 0 aliphatic carbocycles. The summed E-state index contributed by atoms with van der Waals surface area (Å²) in [5, 5.41) is 5.87. The first kappa shape index (κ1) is 26.4. The van der Waals surface area contributed by atoms with Gasteiger partial charge >= 0.3 is 0 Å². The fraction of sp³-hybridized carbons (Fsp3) is 0.276. The van der Waals surface area contributed by atoms with Crippen LogP contribution in [0.3, 0.4) is 0 Å². The molecule has 1 aliphatic heterocycles. The molecule has 8 heteroatoms. The third-order valence-corrected chi connectivity index (χ3v) is 6.81. The Balaban J connectivity index is 1.29. The molecule has 3 amide bonds. The minimum absolute atomic E-state index is 0.0931. The standard InChI is InChI=1S/C29H30BrN3O4/c1-3-21-14-23(30)13-19(2)28(21)32-26(34)18-37-25-11-9-24(10-12-25)33-17-22(15-27(33)35)29(36)31-16-20-7-5-4-6-8-20/h4-14,22H,3,15-18H2,1-2H3,(H,31,36)(H,32,34)/t22-/m0/s1. The van der Waals surface area contributed by atoms with Gasteiger partial charge in [0.2, 0.25) is 11.8 Å². The van der Waals surface area contributed by atoms with Crippen LogP contribution in [0.2, 0.25) is 0 Å². The molecule has 3 aromatic rings. The third kappa shape index (κ3) is 6.77. The van der Waals surface area contributed by atoms with Crippen molar-refractivity contribution in [2.24, 2.45) is 5.92 Å². The van der Waals surface area contributed by atoms with E-state index in [4.69, 9.17) is 4.74 Å². The van der Waals surface area contributed by atoms with Gasteiger partial charge in [-0.2, -0.15) is 0 Å². The lowest BCUT2D eigenvalue weighted by Crippen LogP contribution is -2.32. The summed E-state index contributed by atoms with van der Waals surface area (Å²) in [5.74, 6) is -0.345. The Morgan fingerprint density at radius 1 is 1.08 bits per heavy atom. The second kappa shape index (κ2) is 12.1. The Hall–Kier alpha value is -3.65. The Bertz CT molecular complexity index is 1280. The largest absolute Gasteiger partial charge is 0.484 e. The highest BCUT2D eigenvalue weighted by atomic mass is 79.9. The van der Waals surface area contributed by atoms with Crippen molar-refractivity contribution < 1.29 is 19.1 Å². The number of ether oxygens (including phenoxy) is 1. The molecule has 0 radical (unpaired) electrons. The van der Waals surface area contributed by atoms with E-state index in [2.05, 4.69) is 26.6 Å². The molecular formula is C29H30BrN3O4. The van der Waals surface area contributed by atoms with E-state index in [1.165, 1.54) is 0 Å². The molecule has 192 valence electrons. The van der Waals surface area contributed by atoms with Crippen LogP contribution in [-0.4, -0.2) is 30.9 Å². The van der Waals surface area contributed by atoms with Gasteiger partial charge in [-0.15, -0.1) is 0 Å². The lowest BCUT2D eigenvalue weighted by atomic mass is 10.1. The summed E-state index contributed by atoms with van der Waals surface area (Å²) in [4.78, 5) is 39.3. The van der Waals surface area contributed by atoms with Crippen molar-refractivity contribution in [3.63, 3.8) is 0 Å². The van der Waals surface area contributed by atoms with Crippen LogP contribution < -0.4 is 20.3 Å². The first-order valence-electron chi connectivity index (χ1n) is 12.3. The maximum atomic E-state index is 12.6. The number of carbonyl (C=O) groups is 3. The van der Waals surface area contributed by atoms with E-state index in [0.29, 0.717) is 24.5 Å². The van der Waals surface area contributed by atoms with E-state index < -0.39 is 5.92 Å². The lowest BCUT2D eigenvalue weighted by Gasteiger charge is -2.17. The van der Waals surface area contributed by atoms with E-state index >= 15 is 0 Å². The number of amides is 3. The highest BCUT2D eigenvalue weighted by Gasteiger charge is 2.35. The van der Waals surface area contributed by atoms with Gasteiger partial charge in [0.05, 0.1) is 5.92 Å². The van der Waals surface area contributed by atoms with Crippen molar-refractivity contribution in [1.29, 1.82) is 0 Å². The molecule has 0 aromatic heterocycles. The fourth-order valence-electron chi connectivity index (χ4n) is 4.38. The number of aryl methyl sites for hydroxylation is 2. The van der Waals surface area contributed by atoms with Crippen LogP contribution in [-0.2, 0) is 27.3 Å². The Labute approximate surface area is 225 Å². The summed E-state index contributed by atoms with van der Waals surface area (Å²) in [6.45, 7) is 4.62. The van der Waals surface area contributed by atoms with Gasteiger partial charge in [0.15, 0.2) is 6.61 Å². The molecule has 0 bridgehead atoms. The lowest BCUT2D eigenvalue weighted by molar-refractivity contribution is -0.126. The smallest absolute Gasteiger partial charge is 0.262 e. The zero-order valence-corrected chi connectivity index (χ0v) is 22.5. The molecule has 1 atom stereocenters. The number of rotatable bonds is 9. The molecule has 0 saturated carbocycles. The van der Waals surface area contributed by atoms with Crippen molar-refractivity contribution in [3.8, 4) is 5.75 Å². The number of nitrogens with one attached hydrogen (secondary N) is 2. The normalized spacial score (nSPS) is 14.9. The van der Waals surface area contributed by atoms with E-state index in [0.717, 1.165) is 33.3 Å². The Morgan fingerprint density at radius 3 is 2.51 bits per heavy atom. The van der Waals surface area contributed by atoms with Crippen LogP contribution in [0.25, 0.3) is 0 Å². The van der Waals surface area contributed by atoms with Crippen LogP contribution in [0.1, 0.15) is 30.0 Å².